The SMILES string of the molecule is CC(C)(O)c1cnnn1[C@H]1C[C@@H](C(=O)NC(CCCCNC(=O)O)C(=O)C(N)=O)N(C(=O)C(CC2CCCCC2)NC(=O)c2cnc3cccnc3c2)C1. The Morgan fingerprint density at radius 3 is 2.46 bits per heavy atom. The van der Waals surface area contributed by atoms with Crippen LogP contribution in [0.25, 0.3) is 11.0 Å². The summed E-state index contributed by atoms with van der Waals surface area (Å²) in [5, 5.41) is 35.6. The van der Waals surface area contributed by atoms with E-state index in [0.717, 1.165) is 32.1 Å². The lowest BCUT2D eigenvalue weighted by Gasteiger charge is -2.32. The number of carbonyl (C=O) groups is 6. The number of hydrogen-bond donors (Lipinski definition) is 6. The van der Waals surface area contributed by atoms with E-state index in [0.29, 0.717) is 29.6 Å². The third-order valence-electron chi connectivity index (χ3n) is 10.1. The number of aromatic nitrogens is 5. The molecule has 0 spiro atoms. The molecular weight excluding hydrogens is 700 g/mol. The summed E-state index contributed by atoms with van der Waals surface area (Å²) in [5.74, 6) is -3.94. The zero-order chi connectivity index (χ0) is 39.0. The van der Waals surface area contributed by atoms with Crippen LogP contribution in [-0.2, 0) is 24.8 Å². The van der Waals surface area contributed by atoms with Gasteiger partial charge in [0.25, 0.3) is 11.8 Å². The van der Waals surface area contributed by atoms with Crippen molar-refractivity contribution in [2.45, 2.75) is 108 Å². The average molecular weight is 749 g/mol. The zero-order valence-corrected chi connectivity index (χ0v) is 30.4. The van der Waals surface area contributed by atoms with Gasteiger partial charge < -0.3 is 36.8 Å². The quantitative estimate of drug-likeness (QED) is 0.0896. The van der Waals surface area contributed by atoms with Crippen LogP contribution in [0.1, 0.15) is 100 Å². The van der Waals surface area contributed by atoms with Crippen molar-refractivity contribution >= 4 is 46.5 Å². The maximum Gasteiger partial charge on any atom is 0.404 e. The van der Waals surface area contributed by atoms with Crippen molar-refractivity contribution in [3.8, 4) is 0 Å². The number of amides is 5. The summed E-state index contributed by atoms with van der Waals surface area (Å²) < 4.78 is 1.47. The predicted molar refractivity (Wildman–Crippen MR) is 192 cm³/mol. The van der Waals surface area contributed by atoms with E-state index >= 15 is 0 Å². The van der Waals surface area contributed by atoms with Gasteiger partial charge in [-0.05, 0) is 63.6 Å². The molecule has 3 aromatic heterocycles. The molecule has 4 heterocycles. The number of likely N-dealkylation sites (tertiary alicyclic amines) is 1. The number of pyridine rings is 2. The smallest absolute Gasteiger partial charge is 0.404 e. The van der Waals surface area contributed by atoms with Gasteiger partial charge in [0.15, 0.2) is 0 Å². The maximum atomic E-state index is 14.7. The number of ketones is 1. The number of Topliss-reactive ketones (excluding diaryl/α,β-unsaturated/α-hetero) is 1. The van der Waals surface area contributed by atoms with E-state index < -0.39 is 65.3 Å². The Morgan fingerprint density at radius 1 is 1.00 bits per heavy atom. The highest BCUT2D eigenvalue weighted by atomic mass is 16.4. The van der Waals surface area contributed by atoms with Gasteiger partial charge in [0.05, 0.1) is 40.6 Å². The number of fused-ring (bicyclic) bond motifs is 1. The fourth-order valence-electron chi connectivity index (χ4n) is 7.31. The molecule has 2 aliphatic rings. The first kappa shape index (κ1) is 39.7. The second kappa shape index (κ2) is 17.5. The molecule has 5 rings (SSSR count). The second-order valence-electron chi connectivity index (χ2n) is 14.6. The second-order valence-corrected chi connectivity index (χ2v) is 14.6. The first-order valence-corrected chi connectivity index (χ1v) is 18.3. The number of nitrogens with one attached hydrogen (secondary N) is 3. The van der Waals surface area contributed by atoms with Gasteiger partial charge in [0.2, 0.25) is 17.6 Å². The summed E-state index contributed by atoms with van der Waals surface area (Å²) in [6.07, 6.45) is 8.91. The van der Waals surface area contributed by atoms with E-state index in [9.17, 15) is 33.9 Å². The van der Waals surface area contributed by atoms with Gasteiger partial charge in [-0.25, -0.2) is 9.48 Å². The molecule has 1 aliphatic carbocycles. The molecule has 0 radical (unpaired) electrons. The fraction of sp³-hybridized carbons (Fsp3) is 0.556. The van der Waals surface area contributed by atoms with Crippen LogP contribution >= 0.6 is 0 Å². The zero-order valence-electron chi connectivity index (χ0n) is 30.4. The molecule has 290 valence electrons. The Bertz CT molecular complexity index is 1850. The minimum Gasteiger partial charge on any atom is -0.465 e. The minimum absolute atomic E-state index is 0.00832. The van der Waals surface area contributed by atoms with Gasteiger partial charge in [0, 0.05) is 31.9 Å². The molecule has 5 amide bonds. The monoisotopic (exact) mass is 748 g/mol. The van der Waals surface area contributed by atoms with Gasteiger partial charge in [-0.2, -0.15) is 0 Å². The Morgan fingerprint density at radius 2 is 1.76 bits per heavy atom. The summed E-state index contributed by atoms with van der Waals surface area (Å²) in [6.45, 7) is 3.16. The van der Waals surface area contributed by atoms with Crippen molar-refractivity contribution in [2.24, 2.45) is 11.7 Å². The van der Waals surface area contributed by atoms with Crippen LogP contribution in [-0.4, -0.2) is 107 Å². The number of nitrogens with zero attached hydrogens (tertiary/aromatic N) is 6. The number of carbonyl (C=O) groups excluding carboxylic acids is 5. The molecule has 1 aliphatic heterocycles. The number of aliphatic hydroxyl groups is 1. The number of carboxylic acid groups (broad SMARTS) is 1. The van der Waals surface area contributed by atoms with E-state index in [2.05, 4.69) is 36.2 Å². The lowest BCUT2D eigenvalue weighted by Crippen LogP contribution is -2.56. The molecule has 54 heavy (non-hydrogen) atoms. The maximum absolute atomic E-state index is 14.7. The summed E-state index contributed by atoms with van der Waals surface area (Å²) >= 11 is 0. The Kier molecular flexibility index (Phi) is 12.9. The summed E-state index contributed by atoms with van der Waals surface area (Å²) in [5.41, 5.74) is 5.62. The van der Waals surface area contributed by atoms with Crippen molar-refractivity contribution in [1.29, 1.82) is 0 Å². The van der Waals surface area contributed by atoms with Crippen molar-refractivity contribution < 1.29 is 39.0 Å². The highest BCUT2D eigenvalue weighted by Gasteiger charge is 2.45. The van der Waals surface area contributed by atoms with E-state index in [1.54, 1.807) is 38.2 Å². The first-order valence-electron chi connectivity index (χ1n) is 18.3. The highest BCUT2D eigenvalue weighted by Crippen LogP contribution is 2.33. The Hall–Kier alpha value is -5.52. The van der Waals surface area contributed by atoms with Crippen molar-refractivity contribution in [1.82, 2.24) is 45.8 Å². The lowest BCUT2D eigenvalue weighted by molar-refractivity contribution is -0.142. The van der Waals surface area contributed by atoms with Crippen LogP contribution in [0.3, 0.4) is 0 Å². The van der Waals surface area contributed by atoms with Gasteiger partial charge in [0.1, 0.15) is 17.7 Å². The molecule has 0 bridgehead atoms. The first-order chi connectivity index (χ1) is 25.7. The Balaban J connectivity index is 1.44. The van der Waals surface area contributed by atoms with E-state index in [1.807, 2.05) is 0 Å². The summed E-state index contributed by atoms with van der Waals surface area (Å²) in [7, 11) is 0. The van der Waals surface area contributed by atoms with Crippen LogP contribution < -0.4 is 21.7 Å². The number of nitrogens with two attached hydrogens (primary N) is 1. The number of hydrogen-bond acceptors (Lipinski definition) is 11. The number of unbranched alkanes of at least 4 members (excludes halogenated alkanes) is 1. The van der Waals surface area contributed by atoms with Gasteiger partial charge in [-0.15, -0.1) is 5.10 Å². The largest absolute Gasteiger partial charge is 0.465 e. The van der Waals surface area contributed by atoms with Crippen molar-refractivity contribution in [2.75, 3.05) is 13.1 Å². The average Bonchev–Trinajstić information content (AvgIpc) is 3.82. The standard InChI is InChI=1S/C36H48N10O8/c1-36(2,54)29-19-41-44-46(29)23-17-28(33(50)42-25(30(47)31(37)48)11-6-7-13-39-35(52)53)45(20-23)34(51)27(15-21-9-4-3-5-10-21)43-32(49)22-16-26-24(40-18-22)12-8-14-38-26/h8,12,14,16,18-19,21,23,25,27-28,39,54H,3-7,9-11,13,15,17,20H2,1-2H3,(H2,37,48)(H,42,50)(H,43,49)(H,52,53)/t23-,25?,27?,28-/m0/s1. The van der Waals surface area contributed by atoms with Gasteiger partial charge >= 0.3 is 6.09 Å². The molecule has 1 saturated heterocycles. The summed E-state index contributed by atoms with van der Waals surface area (Å²) in [4.78, 5) is 88.3. The van der Waals surface area contributed by atoms with Crippen LogP contribution in [0.5, 0.6) is 0 Å². The van der Waals surface area contributed by atoms with E-state index in [1.165, 1.54) is 22.0 Å². The molecule has 7 N–H and O–H groups in total. The van der Waals surface area contributed by atoms with Gasteiger partial charge in [-0.3, -0.25) is 33.9 Å². The topological polar surface area (TPSA) is 265 Å². The van der Waals surface area contributed by atoms with Crippen LogP contribution in [0.15, 0.2) is 36.8 Å². The minimum atomic E-state index is -1.37. The normalized spacial score (nSPS) is 18.8. The highest BCUT2D eigenvalue weighted by molar-refractivity contribution is 6.37. The molecule has 3 aromatic rings. The third kappa shape index (κ3) is 9.91. The van der Waals surface area contributed by atoms with Crippen LogP contribution in [0.4, 0.5) is 4.79 Å². The molecule has 18 nitrogen and oxygen atoms in total. The molecule has 0 aromatic carbocycles. The van der Waals surface area contributed by atoms with Gasteiger partial charge in [-0.1, -0.05) is 37.3 Å². The molecule has 18 heteroatoms. The molecule has 2 fully saturated rings. The third-order valence-corrected chi connectivity index (χ3v) is 10.1. The number of rotatable bonds is 16. The van der Waals surface area contributed by atoms with E-state index in [4.69, 9.17) is 10.8 Å². The fourth-order valence-corrected chi connectivity index (χ4v) is 7.31. The molecule has 1 saturated carbocycles. The Labute approximate surface area is 311 Å². The van der Waals surface area contributed by atoms with Crippen molar-refractivity contribution in [3.63, 3.8) is 0 Å². The lowest BCUT2D eigenvalue weighted by atomic mass is 9.84. The molecular formula is C36H48N10O8. The van der Waals surface area contributed by atoms with E-state index in [-0.39, 0.29) is 43.8 Å². The van der Waals surface area contributed by atoms with Crippen LogP contribution in [0, 0.1) is 5.92 Å². The number of primary amides is 1. The van der Waals surface area contributed by atoms with Crippen molar-refractivity contribution in [3.05, 3.63) is 48.0 Å². The summed E-state index contributed by atoms with van der Waals surface area (Å²) in [6, 6.07) is 0.908. The predicted octanol–water partition coefficient (Wildman–Crippen LogP) is 1.34. The molecule has 2 unspecified atom stereocenters. The molecule has 4 atom stereocenters. The van der Waals surface area contributed by atoms with Crippen LogP contribution in [0.2, 0.25) is 0 Å².